The maximum absolute atomic E-state index is 4.87. The van der Waals surface area contributed by atoms with Crippen LogP contribution in [0.25, 0.3) is 0 Å². The van der Waals surface area contributed by atoms with Gasteiger partial charge in [-0.2, -0.15) is 5.10 Å². The Kier molecular flexibility index (Phi) is 2.81. The highest BCUT2D eigenvalue weighted by molar-refractivity contribution is 7.80. The van der Waals surface area contributed by atoms with Gasteiger partial charge in [0, 0.05) is 5.92 Å². The first-order valence-corrected chi connectivity index (χ1v) is 4.39. The van der Waals surface area contributed by atoms with E-state index in [1.54, 1.807) is 0 Å². The van der Waals surface area contributed by atoms with E-state index in [9.17, 15) is 0 Å². The number of nitrogens with zero attached hydrogens (tertiary/aromatic N) is 1. The standard InChI is InChI=1S/C8H13N3S/c1-4-5(2)7-6(3)9-8(12)11-10-7/h5H,3-4H2,1-2H3,(H2,9,11,12). The molecule has 0 bridgehead atoms. The lowest BCUT2D eigenvalue weighted by atomic mass is 10.0. The first-order valence-electron chi connectivity index (χ1n) is 3.99. The molecule has 3 nitrogen and oxygen atoms in total. The molecule has 66 valence electrons. The van der Waals surface area contributed by atoms with Crippen LogP contribution in [0.15, 0.2) is 17.4 Å². The van der Waals surface area contributed by atoms with Crippen molar-refractivity contribution in [3.8, 4) is 0 Å². The van der Waals surface area contributed by atoms with Gasteiger partial charge in [0.15, 0.2) is 5.11 Å². The predicted octanol–water partition coefficient (Wildman–Crippen LogP) is 1.38. The van der Waals surface area contributed by atoms with Gasteiger partial charge in [0.05, 0.1) is 11.4 Å². The molecule has 1 heterocycles. The smallest absolute Gasteiger partial charge is 0.191 e. The van der Waals surface area contributed by atoms with Gasteiger partial charge in [-0.15, -0.1) is 0 Å². The number of allylic oxidation sites excluding steroid dienone is 1. The van der Waals surface area contributed by atoms with Crippen LogP contribution in [0.3, 0.4) is 0 Å². The Morgan fingerprint density at radius 2 is 2.33 bits per heavy atom. The molecule has 0 radical (unpaired) electrons. The first kappa shape index (κ1) is 9.19. The van der Waals surface area contributed by atoms with Crippen LogP contribution in [0, 0.1) is 5.92 Å². The van der Waals surface area contributed by atoms with Crippen molar-refractivity contribution in [3.05, 3.63) is 12.3 Å². The van der Waals surface area contributed by atoms with Crippen molar-refractivity contribution in [2.45, 2.75) is 20.3 Å². The van der Waals surface area contributed by atoms with E-state index >= 15 is 0 Å². The second-order valence-electron chi connectivity index (χ2n) is 2.85. The van der Waals surface area contributed by atoms with Crippen molar-refractivity contribution >= 4 is 23.0 Å². The van der Waals surface area contributed by atoms with Crippen molar-refractivity contribution in [2.75, 3.05) is 0 Å². The van der Waals surface area contributed by atoms with E-state index in [1.807, 2.05) is 0 Å². The van der Waals surface area contributed by atoms with Gasteiger partial charge in [0.2, 0.25) is 0 Å². The van der Waals surface area contributed by atoms with Crippen molar-refractivity contribution in [3.63, 3.8) is 0 Å². The van der Waals surface area contributed by atoms with E-state index in [0.717, 1.165) is 17.8 Å². The topological polar surface area (TPSA) is 36.4 Å². The van der Waals surface area contributed by atoms with Crippen LogP contribution in [0.5, 0.6) is 0 Å². The lowest BCUT2D eigenvalue weighted by Crippen LogP contribution is -2.41. The van der Waals surface area contributed by atoms with E-state index in [1.165, 1.54) is 0 Å². The SMILES string of the molecule is C=C1NC(=S)NN=C1C(C)CC. The Morgan fingerprint density at radius 1 is 1.67 bits per heavy atom. The maximum atomic E-state index is 4.87. The molecule has 0 amide bonds. The van der Waals surface area contributed by atoms with E-state index in [2.05, 4.69) is 36.3 Å². The molecule has 1 aliphatic rings. The average Bonchev–Trinajstić information content (AvgIpc) is 2.03. The predicted molar refractivity (Wildman–Crippen MR) is 54.9 cm³/mol. The zero-order valence-corrected chi connectivity index (χ0v) is 8.16. The van der Waals surface area contributed by atoms with E-state index in [0.29, 0.717) is 11.0 Å². The zero-order valence-electron chi connectivity index (χ0n) is 7.35. The van der Waals surface area contributed by atoms with Crippen LogP contribution >= 0.6 is 12.2 Å². The Bertz CT molecular complexity index is 245. The normalized spacial score (nSPS) is 19.3. The van der Waals surface area contributed by atoms with Gasteiger partial charge in [-0.1, -0.05) is 20.4 Å². The zero-order chi connectivity index (χ0) is 9.14. The minimum atomic E-state index is 0.417. The Balaban J connectivity index is 2.77. The summed E-state index contributed by atoms with van der Waals surface area (Å²) in [7, 11) is 0. The summed E-state index contributed by atoms with van der Waals surface area (Å²) in [5, 5.41) is 7.59. The molecule has 0 aliphatic carbocycles. The van der Waals surface area contributed by atoms with Crippen LogP contribution in [0.1, 0.15) is 20.3 Å². The summed E-state index contributed by atoms with van der Waals surface area (Å²) in [6.45, 7) is 8.08. The molecule has 2 N–H and O–H groups in total. The number of hydrogen-bond acceptors (Lipinski definition) is 2. The van der Waals surface area contributed by atoms with Crippen LogP contribution in [-0.4, -0.2) is 10.8 Å². The van der Waals surface area contributed by atoms with Gasteiger partial charge in [-0.3, -0.25) is 5.43 Å². The van der Waals surface area contributed by atoms with Gasteiger partial charge in [0.1, 0.15) is 0 Å². The number of rotatable bonds is 2. The molecule has 4 heteroatoms. The molecule has 0 aromatic rings. The Hall–Kier alpha value is -0.900. The summed E-state index contributed by atoms with van der Waals surface area (Å²) in [6.07, 6.45) is 1.05. The number of nitrogens with one attached hydrogen (secondary N) is 2. The fourth-order valence-electron chi connectivity index (χ4n) is 1.01. The molecule has 0 aromatic carbocycles. The molecule has 0 saturated heterocycles. The van der Waals surface area contributed by atoms with Crippen LogP contribution in [0.4, 0.5) is 0 Å². The molecule has 0 aromatic heterocycles. The third-order valence-corrected chi connectivity index (χ3v) is 2.12. The fraction of sp³-hybridized carbons (Fsp3) is 0.500. The monoisotopic (exact) mass is 183 g/mol. The lowest BCUT2D eigenvalue weighted by Gasteiger charge is -2.21. The van der Waals surface area contributed by atoms with Gasteiger partial charge >= 0.3 is 0 Å². The van der Waals surface area contributed by atoms with Crippen LogP contribution in [-0.2, 0) is 0 Å². The molecule has 0 spiro atoms. The number of hydrogen-bond donors (Lipinski definition) is 2. The maximum Gasteiger partial charge on any atom is 0.191 e. The van der Waals surface area contributed by atoms with Gasteiger partial charge in [-0.05, 0) is 18.6 Å². The van der Waals surface area contributed by atoms with Crippen molar-refractivity contribution in [1.29, 1.82) is 0 Å². The van der Waals surface area contributed by atoms with Gasteiger partial charge in [0.25, 0.3) is 0 Å². The minimum absolute atomic E-state index is 0.417. The van der Waals surface area contributed by atoms with Crippen LogP contribution in [0.2, 0.25) is 0 Å². The average molecular weight is 183 g/mol. The lowest BCUT2D eigenvalue weighted by molar-refractivity contribution is 0.719. The fourth-order valence-corrected chi connectivity index (χ4v) is 1.18. The molecule has 1 rings (SSSR count). The van der Waals surface area contributed by atoms with Crippen molar-refractivity contribution in [1.82, 2.24) is 10.7 Å². The molecule has 0 fully saturated rings. The molecule has 0 saturated carbocycles. The highest BCUT2D eigenvalue weighted by Crippen LogP contribution is 2.10. The third kappa shape index (κ3) is 1.82. The first-order chi connectivity index (χ1) is 5.65. The summed E-state index contributed by atoms with van der Waals surface area (Å²) < 4.78 is 0. The van der Waals surface area contributed by atoms with E-state index in [4.69, 9.17) is 12.2 Å². The van der Waals surface area contributed by atoms with Crippen molar-refractivity contribution in [2.24, 2.45) is 11.0 Å². The summed E-state index contributed by atoms with van der Waals surface area (Å²) >= 11 is 4.87. The Labute approximate surface area is 77.9 Å². The van der Waals surface area contributed by atoms with Gasteiger partial charge < -0.3 is 5.32 Å². The molecule has 1 atom stereocenters. The second kappa shape index (κ2) is 3.67. The molecular formula is C8H13N3S. The minimum Gasteiger partial charge on any atom is -0.330 e. The number of thiocarbonyl (C=S) groups is 1. The highest BCUT2D eigenvalue weighted by atomic mass is 32.1. The Morgan fingerprint density at radius 3 is 2.83 bits per heavy atom. The quantitative estimate of drug-likeness (QED) is 0.635. The summed E-state index contributed by atoms with van der Waals surface area (Å²) in [6, 6.07) is 0. The molecule has 1 aliphatic heterocycles. The van der Waals surface area contributed by atoms with E-state index in [-0.39, 0.29) is 0 Å². The number of hydrazone groups is 1. The van der Waals surface area contributed by atoms with Crippen molar-refractivity contribution < 1.29 is 0 Å². The van der Waals surface area contributed by atoms with Gasteiger partial charge in [-0.25, -0.2) is 0 Å². The molecular weight excluding hydrogens is 170 g/mol. The molecule has 12 heavy (non-hydrogen) atoms. The largest absolute Gasteiger partial charge is 0.330 e. The summed E-state index contributed by atoms with van der Waals surface area (Å²) in [5.41, 5.74) is 4.50. The van der Waals surface area contributed by atoms with E-state index < -0.39 is 0 Å². The second-order valence-corrected chi connectivity index (χ2v) is 3.26. The summed E-state index contributed by atoms with van der Waals surface area (Å²) in [4.78, 5) is 0. The summed E-state index contributed by atoms with van der Waals surface area (Å²) in [5.74, 6) is 0.417. The van der Waals surface area contributed by atoms with Crippen LogP contribution < -0.4 is 10.7 Å². The highest BCUT2D eigenvalue weighted by Gasteiger charge is 2.16. The third-order valence-electron chi connectivity index (χ3n) is 1.93. The molecule has 1 unspecified atom stereocenters.